The van der Waals surface area contributed by atoms with Gasteiger partial charge in [-0.1, -0.05) is 12.1 Å². The molecular weight excluding hydrogens is 176 g/mol. The zero-order valence-corrected chi connectivity index (χ0v) is 8.55. The van der Waals surface area contributed by atoms with Crippen molar-refractivity contribution < 1.29 is 4.52 Å². The first kappa shape index (κ1) is 8.48. The van der Waals surface area contributed by atoms with Crippen molar-refractivity contribution in [3.63, 3.8) is 0 Å². The fourth-order valence-corrected chi connectivity index (χ4v) is 3.10. The summed E-state index contributed by atoms with van der Waals surface area (Å²) < 4.78 is 5.31. The van der Waals surface area contributed by atoms with E-state index in [0.717, 1.165) is 31.2 Å². The first-order chi connectivity index (χ1) is 6.83. The van der Waals surface area contributed by atoms with E-state index in [1.165, 1.54) is 18.4 Å². The second kappa shape index (κ2) is 2.83. The zero-order chi connectivity index (χ0) is 9.60. The quantitative estimate of drug-likeness (QED) is 0.676. The molecule has 2 unspecified atom stereocenters. The Morgan fingerprint density at radius 1 is 1.64 bits per heavy atom. The molecule has 1 aliphatic heterocycles. The Morgan fingerprint density at radius 2 is 2.57 bits per heavy atom. The smallest absolute Gasteiger partial charge is 0.140 e. The molecule has 76 valence electrons. The summed E-state index contributed by atoms with van der Waals surface area (Å²) in [7, 11) is 0. The topological polar surface area (TPSA) is 38.1 Å². The average Bonchev–Trinajstić information content (AvgIpc) is 2.82. The molecule has 1 spiro atoms. The van der Waals surface area contributed by atoms with Gasteiger partial charge in [-0.25, -0.2) is 0 Å². The van der Waals surface area contributed by atoms with Crippen LogP contribution in [0.1, 0.15) is 31.1 Å². The van der Waals surface area contributed by atoms with Crippen LogP contribution in [0.5, 0.6) is 0 Å². The molecule has 2 heterocycles. The van der Waals surface area contributed by atoms with E-state index in [0.29, 0.717) is 5.41 Å². The molecule has 0 aromatic carbocycles. The van der Waals surface area contributed by atoms with E-state index in [1.807, 2.05) is 6.20 Å². The van der Waals surface area contributed by atoms with Crippen LogP contribution in [0.25, 0.3) is 0 Å². The maximum absolute atomic E-state index is 5.31. The van der Waals surface area contributed by atoms with E-state index in [1.54, 1.807) is 0 Å². The van der Waals surface area contributed by atoms with E-state index >= 15 is 0 Å². The SMILES string of the molecule is CC1CCc2oncc2C12CCNC2. The molecule has 1 fully saturated rings. The molecule has 0 saturated carbocycles. The normalized spacial score (nSPS) is 36.2. The van der Waals surface area contributed by atoms with Gasteiger partial charge in [0.2, 0.25) is 0 Å². The van der Waals surface area contributed by atoms with E-state index in [4.69, 9.17) is 4.52 Å². The van der Waals surface area contributed by atoms with Crippen molar-refractivity contribution >= 4 is 0 Å². The van der Waals surface area contributed by atoms with Gasteiger partial charge in [-0.2, -0.15) is 0 Å². The number of nitrogens with one attached hydrogen (secondary N) is 1. The number of hydrogen-bond donors (Lipinski definition) is 1. The first-order valence-electron chi connectivity index (χ1n) is 5.48. The highest BCUT2D eigenvalue weighted by atomic mass is 16.5. The van der Waals surface area contributed by atoms with Crippen molar-refractivity contribution in [2.75, 3.05) is 13.1 Å². The molecule has 2 aliphatic rings. The second-order valence-corrected chi connectivity index (χ2v) is 4.69. The van der Waals surface area contributed by atoms with E-state index < -0.39 is 0 Å². The van der Waals surface area contributed by atoms with Crippen molar-refractivity contribution in [1.82, 2.24) is 10.5 Å². The zero-order valence-electron chi connectivity index (χ0n) is 8.55. The lowest BCUT2D eigenvalue weighted by Crippen LogP contribution is -2.39. The standard InChI is InChI=1S/C11H16N2O/c1-8-2-3-10-9(6-13-14-10)11(8)4-5-12-7-11/h6,8,12H,2-5,7H2,1H3. The lowest BCUT2D eigenvalue weighted by molar-refractivity contribution is 0.252. The largest absolute Gasteiger partial charge is 0.361 e. The molecule has 1 aliphatic carbocycles. The Hall–Kier alpha value is -0.830. The fraction of sp³-hybridized carbons (Fsp3) is 0.727. The van der Waals surface area contributed by atoms with Crippen LogP contribution in [0.3, 0.4) is 0 Å². The lowest BCUT2D eigenvalue weighted by Gasteiger charge is -2.37. The van der Waals surface area contributed by atoms with Gasteiger partial charge in [-0.05, 0) is 25.3 Å². The maximum atomic E-state index is 5.31. The van der Waals surface area contributed by atoms with E-state index in [-0.39, 0.29) is 0 Å². The van der Waals surface area contributed by atoms with Gasteiger partial charge in [0.1, 0.15) is 5.76 Å². The summed E-state index contributed by atoms with van der Waals surface area (Å²) in [5.41, 5.74) is 1.70. The molecule has 3 nitrogen and oxygen atoms in total. The minimum absolute atomic E-state index is 0.327. The predicted molar refractivity (Wildman–Crippen MR) is 53.2 cm³/mol. The lowest BCUT2D eigenvalue weighted by atomic mass is 9.65. The number of rotatable bonds is 0. The van der Waals surface area contributed by atoms with Crippen LogP contribution in [-0.2, 0) is 11.8 Å². The summed E-state index contributed by atoms with van der Waals surface area (Å²) in [5, 5.41) is 7.43. The molecule has 2 atom stereocenters. The Balaban J connectivity index is 2.11. The number of nitrogens with zero attached hydrogens (tertiary/aromatic N) is 1. The third kappa shape index (κ3) is 0.934. The van der Waals surface area contributed by atoms with Crippen LogP contribution >= 0.6 is 0 Å². The summed E-state index contributed by atoms with van der Waals surface area (Å²) >= 11 is 0. The molecule has 0 bridgehead atoms. The molecule has 3 rings (SSSR count). The molecule has 3 heteroatoms. The van der Waals surface area contributed by atoms with Crippen LogP contribution in [0.4, 0.5) is 0 Å². The van der Waals surface area contributed by atoms with E-state index in [2.05, 4.69) is 17.4 Å². The Morgan fingerprint density at radius 3 is 3.36 bits per heavy atom. The van der Waals surface area contributed by atoms with Crippen molar-refractivity contribution in [1.29, 1.82) is 0 Å². The van der Waals surface area contributed by atoms with Gasteiger partial charge in [0.25, 0.3) is 0 Å². The molecule has 1 aromatic rings. The number of aryl methyl sites for hydroxylation is 1. The highest BCUT2D eigenvalue weighted by molar-refractivity contribution is 5.31. The first-order valence-corrected chi connectivity index (χ1v) is 5.48. The monoisotopic (exact) mass is 192 g/mol. The van der Waals surface area contributed by atoms with Gasteiger partial charge in [0, 0.05) is 23.9 Å². The Kier molecular flexibility index (Phi) is 1.71. The van der Waals surface area contributed by atoms with E-state index in [9.17, 15) is 0 Å². The molecule has 1 N–H and O–H groups in total. The maximum Gasteiger partial charge on any atom is 0.140 e. The molecule has 0 amide bonds. The minimum Gasteiger partial charge on any atom is -0.361 e. The number of hydrogen-bond acceptors (Lipinski definition) is 3. The number of aromatic nitrogens is 1. The average molecular weight is 192 g/mol. The van der Waals surface area contributed by atoms with Crippen LogP contribution in [0, 0.1) is 5.92 Å². The van der Waals surface area contributed by atoms with Gasteiger partial charge < -0.3 is 9.84 Å². The van der Waals surface area contributed by atoms with Crippen molar-refractivity contribution in [3.8, 4) is 0 Å². The number of fused-ring (bicyclic) bond motifs is 2. The summed E-state index contributed by atoms with van der Waals surface area (Å²) in [6.45, 7) is 4.60. The molecule has 14 heavy (non-hydrogen) atoms. The second-order valence-electron chi connectivity index (χ2n) is 4.69. The van der Waals surface area contributed by atoms with Gasteiger partial charge in [0.05, 0.1) is 6.20 Å². The van der Waals surface area contributed by atoms with Gasteiger partial charge >= 0.3 is 0 Å². The molecular formula is C11H16N2O. The van der Waals surface area contributed by atoms with Gasteiger partial charge in [0.15, 0.2) is 0 Å². The Bertz CT molecular complexity index is 339. The van der Waals surface area contributed by atoms with Crippen molar-refractivity contribution in [3.05, 3.63) is 17.5 Å². The molecule has 1 saturated heterocycles. The minimum atomic E-state index is 0.327. The highest BCUT2D eigenvalue weighted by Gasteiger charge is 2.45. The van der Waals surface area contributed by atoms with Crippen molar-refractivity contribution in [2.45, 2.75) is 31.6 Å². The summed E-state index contributed by atoms with van der Waals surface area (Å²) in [4.78, 5) is 0. The summed E-state index contributed by atoms with van der Waals surface area (Å²) in [6, 6.07) is 0. The van der Waals surface area contributed by atoms with Crippen LogP contribution < -0.4 is 5.32 Å². The van der Waals surface area contributed by atoms with Gasteiger partial charge in [-0.3, -0.25) is 0 Å². The summed E-state index contributed by atoms with van der Waals surface area (Å²) in [5.74, 6) is 1.89. The predicted octanol–water partition coefficient (Wildman–Crippen LogP) is 1.49. The Labute approximate surface area is 83.9 Å². The van der Waals surface area contributed by atoms with Crippen LogP contribution in [0.2, 0.25) is 0 Å². The highest BCUT2D eigenvalue weighted by Crippen LogP contribution is 2.45. The third-order valence-corrected chi connectivity index (χ3v) is 4.12. The van der Waals surface area contributed by atoms with Gasteiger partial charge in [-0.15, -0.1) is 0 Å². The van der Waals surface area contributed by atoms with Crippen LogP contribution in [0.15, 0.2) is 10.7 Å². The third-order valence-electron chi connectivity index (χ3n) is 4.12. The van der Waals surface area contributed by atoms with Crippen LogP contribution in [-0.4, -0.2) is 18.2 Å². The van der Waals surface area contributed by atoms with Crippen molar-refractivity contribution in [2.24, 2.45) is 5.92 Å². The molecule has 1 aromatic heterocycles. The fourth-order valence-electron chi connectivity index (χ4n) is 3.10. The molecule has 0 radical (unpaired) electrons. The summed E-state index contributed by atoms with van der Waals surface area (Å²) in [6.07, 6.45) is 5.49.